The molecule has 1 amide bonds. The van der Waals surface area contributed by atoms with Gasteiger partial charge in [0, 0.05) is 24.5 Å². The van der Waals surface area contributed by atoms with Crippen LogP contribution in [0.4, 0.5) is 0 Å². The Kier molecular flexibility index (Phi) is 5.81. The maximum absolute atomic E-state index is 12.6. The minimum Gasteiger partial charge on any atom is -0.331 e. The second-order valence-electron chi connectivity index (χ2n) is 5.11. The second-order valence-corrected chi connectivity index (χ2v) is 6.86. The van der Waals surface area contributed by atoms with Crippen LogP contribution in [0.1, 0.15) is 34.9 Å². The number of thiazole rings is 1. The van der Waals surface area contributed by atoms with Gasteiger partial charge in [0.1, 0.15) is 10.7 Å². The van der Waals surface area contributed by atoms with Crippen molar-refractivity contribution in [1.82, 2.24) is 9.88 Å². The highest BCUT2D eigenvalue weighted by molar-refractivity contribution is 7.09. The molecule has 0 fully saturated rings. The van der Waals surface area contributed by atoms with Crippen molar-refractivity contribution in [2.75, 3.05) is 0 Å². The molecular weight excluding hydrogens is 341 g/mol. The number of hydrogen-bond acceptors (Lipinski definition) is 4. The molecule has 0 saturated heterocycles. The third-order valence-corrected chi connectivity index (χ3v) is 4.78. The summed E-state index contributed by atoms with van der Waals surface area (Å²) in [5.41, 5.74) is 6.90. The summed E-state index contributed by atoms with van der Waals surface area (Å²) in [6, 6.07) is 5.41. The fraction of sp³-hybridized carbons (Fsp3) is 0.333. The third-order valence-electron chi connectivity index (χ3n) is 3.17. The summed E-state index contributed by atoms with van der Waals surface area (Å²) >= 11 is 13.4. The van der Waals surface area contributed by atoms with E-state index in [4.69, 9.17) is 28.9 Å². The summed E-state index contributed by atoms with van der Waals surface area (Å²) in [6.07, 6.45) is 0. The minimum atomic E-state index is -0.114. The lowest BCUT2D eigenvalue weighted by molar-refractivity contribution is 0.0685. The van der Waals surface area contributed by atoms with Crippen LogP contribution in [-0.4, -0.2) is 21.8 Å². The van der Waals surface area contributed by atoms with Crippen molar-refractivity contribution in [3.8, 4) is 0 Å². The van der Waals surface area contributed by atoms with Crippen LogP contribution >= 0.6 is 34.5 Å². The smallest absolute Gasteiger partial charge is 0.273 e. The van der Waals surface area contributed by atoms with Gasteiger partial charge in [-0.2, -0.15) is 0 Å². The lowest BCUT2D eigenvalue weighted by Gasteiger charge is -2.26. The summed E-state index contributed by atoms with van der Waals surface area (Å²) in [5, 5.41) is 3.48. The van der Waals surface area contributed by atoms with Crippen LogP contribution in [0.2, 0.25) is 10.0 Å². The van der Waals surface area contributed by atoms with Crippen molar-refractivity contribution >= 4 is 40.4 Å². The van der Waals surface area contributed by atoms with Crippen LogP contribution in [0.25, 0.3) is 0 Å². The number of amides is 1. The number of nitrogens with two attached hydrogens (primary N) is 1. The molecule has 118 valence electrons. The van der Waals surface area contributed by atoms with Crippen LogP contribution in [0.15, 0.2) is 23.6 Å². The largest absolute Gasteiger partial charge is 0.331 e. The number of aromatic nitrogens is 1. The molecule has 1 aromatic heterocycles. The van der Waals surface area contributed by atoms with Gasteiger partial charge < -0.3 is 10.6 Å². The lowest BCUT2D eigenvalue weighted by Crippen LogP contribution is -2.36. The highest BCUT2D eigenvalue weighted by Crippen LogP contribution is 2.24. The molecule has 0 radical (unpaired) electrons. The maximum atomic E-state index is 12.6. The summed E-state index contributed by atoms with van der Waals surface area (Å²) in [5.74, 6) is -0.114. The van der Waals surface area contributed by atoms with Gasteiger partial charge >= 0.3 is 0 Å². The second kappa shape index (κ2) is 7.42. The summed E-state index contributed by atoms with van der Waals surface area (Å²) < 4.78 is 0. The Hall–Kier alpha value is -1.14. The number of carbonyl (C=O) groups is 1. The van der Waals surface area contributed by atoms with E-state index >= 15 is 0 Å². The fourth-order valence-corrected chi connectivity index (χ4v) is 2.94. The molecule has 0 aliphatic heterocycles. The van der Waals surface area contributed by atoms with Gasteiger partial charge in [0.25, 0.3) is 5.91 Å². The van der Waals surface area contributed by atoms with E-state index in [0.717, 1.165) is 10.6 Å². The first-order valence-electron chi connectivity index (χ1n) is 6.81. The Morgan fingerprint density at radius 3 is 2.64 bits per heavy atom. The monoisotopic (exact) mass is 357 g/mol. The standard InChI is InChI=1S/C15H17Cl2N3OS/c1-9(2)20(7-10-3-4-11(16)12(17)5-10)15(21)13-8-22-14(6-18)19-13/h3-5,8-9H,6-7,18H2,1-2H3. The van der Waals surface area contributed by atoms with E-state index in [-0.39, 0.29) is 11.9 Å². The molecule has 2 aromatic rings. The van der Waals surface area contributed by atoms with Gasteiger partial charge in [-0.15, -0.1) is 11.3 Å². The molecule has 1 aromatic carbocycles. The molecule has 7 heteroatoms. The van der Waals surface area contributed by atoms with Gasteiger partial charge in [-0.1, -0.05) is 29.3 Å². The van der Waals surface area contributed by atoms with Crippen molar-refractivity contribution < 1.29 is 4.79 Å². The molecule has 1 heterocycles. The highest BCUT2D eigenvalue weighted by atomic mass is 35.5. The van der Waals surface area contributed by atoms with E-state index in [2.05, 4.69) is 4.98 Å². The molecule has 0 spiro atoms. The topological polar surface area (TPSA) is 59.2 Å². The van der Waals surface area contributed by atoms with Crippen LogP contribution in [0.5, 0.6) is 0 Å². The molecule has 0 bridgehead atoms. The van der Waals surface area contributed by atoms with E-state index < -0.39 is 0 Å². The van der Waals surface area contributed by atoms with E-state index in [9.17, 15) is 4.79 Å². The predicted molar refractivity (Wildman–Crippen MR) is 91.5 cm³/mol. The number of rotatable bonds is 5. The molecule has 2 rings (SSSR count). The van der Waals surface area contributed by atoms with Crippen molar-refractivity contribution in [3.63, 3.8) is 0 Å². The van der Waals surface area contributed by atoms with Gasteiger partial charge in [0.2, 0.25) is 0 Å². The van der Waals surface area contributed by atoms with E-state index in [1.165, 1.54) is 11.3 Å². The van der Waals surface area contributed by atoms with E-state index in [0.29, 0.717) is 28.8 Å². The number of halogens is 2. The number of hydrogen-bond donors (Lipinski definition) is 1. The first kappa shape index (κ1) is 17.2. The van der Waals surface area contributed by atoms with E-state index in [1.807, 2.05) is 19.9 Å². The average Bonchev–Trinajstić information content (AvgIpc) is 2.96. The zero-order valence-electron chi connectivity index (χ0n) is 12.3. The molecule has 4 nitrogen and oxygen atoms in total. The van der Waals surface area contributed by atoms with Crippen LogP contribution in [0.3, 0.4) is 0 Å². The van der Waals surface area contributed by atoms with Crippen LogP contribution in [0, 0.1) is 0 Å². The van der Waals surface area contributed by atoms with Gasteiger partial charge in [-0.3, -0.25) is 4.79 Å². The lowest BCUT2D eigenvalue weighted by atomic mass is 10.1. The normalized spacial score (nSPS) is 11.0. The first-order chi connectivity index (χ1) is 10.4. The fourth-order valence-electron chi connectivity index (χ4n) is 1.97. The molecule has 22 heavy (non-hydrogen) atoms. The maximum Gasteiger partial charge on any atom is 0.273 e. The van der Waals surface area contributed by atoms with Crippen molar-refractivity contribution in [3.05, 3.63) is 49.9 Å². The number of nitrogens with zero attached hydrogens (tertiary/aromatic N) is 2. The van der Waals surface area contributed by atoms with E-state index in [1.54, 1.807) is 22.4 Å². The minimum absolute atomic E-state index is 0.0324. The predicted octanol–water partition coefficient (Wildman–Crippen LogP) is 3.96. The molecule has 0 aliphatic rings. The Bertz CT molecular complexity index is 673. The van der Waals surface area contributed by atoms with Crippen molar-refractivity contribution in [1.29, 1.82) is 0 Å². The van der Waals surface area contributed by atoms with Crippen LogP contribution < -0.4 is 5.73 Å². The van der Waals surface area contributed by atoms with Gasteiger partial charge in [0.05, 0.1) is 10.0 Å². The molecule has 0 atom stereocenters. The molecule has 0 unspecified atom stereocenters. The SMILES string of the molecule is CC(C)N(Cc1ccc(Cl)c(Cl)c1)C(=O)c1csc(CN)n1. The Labute approximate surface area is 143 Å². The van der Waals surface area contributed by atoms with Gasteiger partial charge in [-0.05, 0) is 31.5 Å². The number of carbonyl (C=O) groups excluding carboxylic acids is 1. The van der Waals surface area contributed by atoms with Gasteiger partial charge in [0.15, 0.2) is 0 Å². The Balaban J connectivity index is 2.22. The zero-order valence-corrected chi connectivity index (χ0v) is 14.7. The highest BCUT2D eigenvalue weighted by Gasteiger charge is 2.21. The summed E-state index contributed by atoms with van der Waals surface area (Å²) in [7, 11) is 0. The quantitative estimate of drug-likeness (QED) is 0.880. The summed E-state index contributed by atoms with van der Waals surface area (Å²) in [6.45, 7) is 4.71. The first-order valence-corrected chi connectivity index (χ1v) is 8.45. The molecule has 0 saturated carbocycles. The molecule has 0 aliphatic carbocycles. The van der Waals surface area contributed by atoms with Crippen molar-refractivity contribution in [2.45, 2.75) is 33.0 Å². The summed E-state index contributed by atoms with van der Waals surface area (Å²) in [4.78, 5) is 18.6. The molecular formula is C15H17Cl2N3OS. The zero-order chi connectivity index (χ0) is 16.3. The number of benzene rings is 1. The Morgan fingerprint density at radius 2 is 2.09 bits per heavy atom. The van der Waals surface area contributed by atoms with Crippen LogP contribution in [-0.2, 0) is 13.1 Å². The van der Waals surface area contributed by atoms with Crippen molar-refractivity contribution in [2.24, 2.45) is 5.73 Å². The Morgan fingerprint density at radius 1 is 1.36 bits per heavy atom. The average molecular weight is 358 g/mol. The molecule has 2 N–H and O–H groups in total. The van der Waals surface area contributed by atoms with Gasteiger partial charge in [-0.25, -0.2) is 4.98 Å². The third kappa shape index (κ3) is 3.98.